The number of thiophene rings is 1. The lowest BCUT2D eigenvalue weighted by molar-refractivity contribution is -0.137. The number of thiocarbonyl (C=S) groups is 1. The van der Waals surface area contributed by atoms with Gasteiger partial charge in [0.2, 0.25) is 0 Å². The maximum atomic E-state index is 13.2. The minimum atomic E-state index is -1.01. The molecule has 0 amide bonds. The van der Waals surface area contributed by atoms with Gasteiger partial charge in [-0.2, -0.15) is 0 Å². The summed E-state index contributed by atoms with van der Waals surface area (Å²) in [7, 11) is 1.33. The van der Waals surface area contributed by atoms with Crippen LogP contribution in [0.1, 0.15) is 27.7 Å². The molecular weight excluding hydrogens is 415 g/mol. The summed E-state index contributed by atoms with van der Waals surface area (Å²) in [6.07, 6.45) is -0.223. The molecule has 0 spiro atoms. The second kappa shape index (κ2) is 8.97. The molecule has 0 radical (unpaired) electrons. The molecule has 9 heteroatoms. The van der Waals surface area contributed by atoms with Gasteiger partial charge in [0.25, 0.3) is 0 Å². The van der Waals surface area contributed by atoms with E-state index in [1.54, 1.807) is 12.1 Å². The zero-order valence-corrected chi connectivity index (χ0v) is 16.9. The fourth-order valence-corrected chi connectivity index (χ4v) is 3.99. The first kappa shape index (κ1) is 20.7. The Balaban J connectivity index is 1.74. The zero-order valence-electron chi connectivity index (χ0n) is 15.3. The molecule has 29 heavy (non-hydrogen) atoms. The van der Waals surface area contributed by atoms with Crippen molar-refractivity contribution in [2.45, 2.75) is 12.5 Å². The molecule has 0 bridgehead atoms. The summed E-state index contributed by atoms with van der Waals surface area (Å²) < 4.78 is 18.8. The largest absolute Gasteiger partial charge is 0.481 e. The minimum absolute atomic E-state index is 0.223. The molecule has 3 aromatic rings. The summed E-state index contributed by atoms with van der Waals surface area (Å²) in [6.45, 7) is 0. The SMILES string of the molecule is COC(=O)c1cc2cc(NC(=S)N[C@@H](CC(=O)O)c3ccc(F)cc3)ccc2s1. The quantitative estimate of drug-likeness (QED) is 0.395. The monoisotopic (exact) mass is 432 g/mol. The van der Waals surface area contributed by atoms with Crippen molar-refractivity contribution in [1.29, 1.82) is 0 Å². The lowest BCUT2D eigenvalue weighted by atomic mass is 10.0. The highest BCUT2D eigenvalue weighted by Crippen LogP contribution is 2.28. The number of nitrogens with one attached hydrogen (secondary N) is 2. The Hall–Kier alpha value is -3.04. The average molecular weight is 432 g/mol. The Labute approximate surface area is 175 Å². The topological polar surface area (TPSA) is 87.7 Å². The molecule has 6 nitrogen and oxygen atoms in total. The van der Waals surface area contributed by atoms with E-state index in [1.165, 1.54) is 42.7 Å². The number of esters is 1. The number of carboxylic acid groups (broad SMARTS) is 1. The summed E-state index contributed by atoms with van der Waals surface area (Å²) in [5.41, 5.74) is 1.28. The van der Waals surface area contributed by atoms with Crippen molar-refractivity contribution in [3.05, 3.63) is 64.8 Å². The number of hydrogen-bond donors (Lipinski definition) is 3. The lowest BCUT2D eigenvalue weighted by Crippen LogP contribution is -2.33. The minimum Gasteiger partial charge on any atom is -0.481 e. The molecule has 2 aromatic carbocycles. The van der Waals surface area contributed by atoms with Gasteiger partial charge in [-0.05, 0) is 59.6 Å². The van der Waals surface area contributed by atoms with Gasteiger partial charge in [0.15, 0.2) is 5.11 Å². The molecule has 0 saturated carbocycles. The van der Waals surface area contributed by atoms with E-state index in [-0.39, 0.29) is 11.5 Å². The molecule has 0 fully saturated rings. The normalized spacial score (nSPS) is 11.7. The molecule has 0 unspecified atom stereocenters. The molecular formula is C20H17FN2O4S2. The van der Waals surface area contributed by atoms with Crippen LogP contribution in [0.5, 0.6) is 0 Å². The number of fused-ring (bicyclic) bond motifs is 1. The van der Waals surface area contributed by atoms with Gasteiger partial charge >= 0.3 is 11.9 Å². The number of anilines is 1. The van der Waals surface area contributed by atoms with Gasteiger partial charge in [-0.3, -0.25) is 4.79 Å². The molecule has 0 saturated heterocycles. The Morgan fingerprint density at radius 2 is 1.93 bits per heavy atom. The highest BCUT2D eigenvalue weighted by molar-refractivity contribution is 7.80. The highest BCUT2D eigenvalue weighted by Gasteiger charge is 2.17. The van der Waals surface area contributed by atoms with Gasteiger partial charge in [0.05, 0.1) is 19.6 Å². The third kappa shape index (κ3) is 5.27. The van der Waals surface area contributed by atoms with Crippen LogP contribution in [0.2, 0.25) is 0 Å². The summed E-state index contributed by atoms with van der Waals surface area (Å²) in [4.78, 5) is 23.4. The first-order chi connectivity index (χ1) is 13.9. The lowest BCUT2D eigenvalue weighted by Gasteiger charge is -2.20. The number of halogens is 1. The molecule has 1 heterocycles. The van der Waals surface area contributed by atoms with E-state index in [0.29, 0.717) is 16.1 Å². The number of carbonyl (C=O) groups excluding carboxylic acids is 1. The van der Waals surface area contributed by atoms with Gasteiger partial charge in [-0.1, -0.05) is 12.1 Å². The van der Waals surface area contributed by atoms with Crippen LogP contribution >= 0.6 is 23.6 Å². The van der Waals surface area contributed by atoms with Gasteiger partial charge in [-0.15, -0.1) is 11.3 Å². The van der Waals surface area contributed by atoms with E-state index < -0.39 is 23.8 Å². The number of ether oxygens (including phenoxy) is 1. The summed E-state index contributed by atoms with van der Waals surface area (Å²) in [6, 6.07) is 12.2. The summed E-state index contributed by atoms with van der Waals surface area (Å²) >= 11 is 6.65. The summed E-state index contributed by atoms with van der Waals surface area (Å²) in [5.74, 6) is -1.81. The van der Waals surface area contributed by atoms with Gasteiger partial charge < -0.3 is 20.5 Å². The smallest absolute Gasteiger partial charge is 0.348 e. The van der Waals surface area contributed by atoms with Gasteiger partial charge in [0, 0.05) is 10.4 Å². The van der Waals surface area contributed by atoms with Crippen LogP contribution in [0.15, 0.2) is 48.5 Å². The highest BCUT2D eigenvalue weighted by atomic mass is 32.1. The fourth-order valence-electron chi connectivity index (χ4n) is 2.77. The van der Waals surface area contributed by atoms with Crippen molar-refractivity contribution in [3.63, 3.8) is 0 Å². The second-order valence-electron chi connectivity index (χ2n) is 6.16. The Morgan fingerprint density at radius 1 is 1.21 bits per heavy atom. The number of benzene rings is 2. The molecule has 150 valence electrons. The van der Waals surface area contributed by atoms with E-state index in [4.69, 9.17) is 17.0 Å². The van der Waals surface area contributed by atoms with Crippen LogP contribution in [0, 0.1) is 5.82 Å². The van der Waals surface area contributed by atoms with E-state index in [0.717, 1.165) is 10.1 Å². The van der Waals surface area contributed by atoms with Crippen molar-refractivity contribution in [2.24, 2.45) is 0 Å². The maximum Gasteiger partial charge on any atom is 0.348 e. The third-order valence-corrected chi connectivity index (χ3v) is 5.43. The van der Waals surface area contributed by atoms with Crippen molar-refractivity contribution in [1.82, 2.24) is 5.32 Å². The molecule has 3 rings (SSSR count). The van der Waals surface area contributed by atoms with Crippen LogP contribution in [-0.4, -0.2) is 29.3 Å². The molecule has 1 atom stereocenters. The molecule has 0 aliphatic heterocycles. The van der Waals surface area contributed by atoms with Crippen LogP contribution in [0.3, 0.4) is 0 Å². The van der Waals surface area contributed by atoms with Gasteiger partial charge in [0.1, 0.15) is 10.7 Å². The first-order valence-electron chi connectivity index (χ1n) is 8.52. The van der Waals surface area contributed by atoms with Crippen LogP contribution in [-0.2, 0) is 9.53 Å². The number of carbonyl (C=O) groups is 2. The zero-order chi connectivity index (χ0) is 21.0. The molecule has 3 N–H and O–H groups in total. The van der Waals surface area contributed by atoms with Crippen molar-refractivity contribution in [2.75, 3.05) is 12.4 Å². The predicted octanol–water partition coefficient (Wildman–Crippen LogP) is 4.33. The second-order valence-corrected chi connectivity index (χ2v) is 7.65. The van der Waals surface area contributed by atoms with Crippen molar-refractivity contribution in [3.8, 4) is 0 Å². The Kier molecular flexibility index (Phi) is 6.40. The van der Waals surface area contributed by atoms with Crippen molar-refractivity contribution >= 4 is 56.4 Å². The van der Waals surface area contributed by atoms with Gasteiger partial charge in [-0.25, -0.2) is 9.18 Å². The standard InChI is InChI=1S/C20H17FN2O4S2/c1-27-19(26)17-9-12-8-14(6-7-16(12)29-17)22-20(28)23-15(10-18(24)25)11-2-4-13(21)5-3-11/h2-9,15H,10H2,1H3,(H,24,25)(H2,22,23,28)/t15-/m0/s1. The Bertz CT molecular complexity index is 1070. The van der Waals surface area contributed by atoms with E-state index in [2.05, 4.69) is 10.6 Å². The van der Waals surface area contributed by atoms with Crippen LogP contribution < -0.4 is 10.6 Å². The molecule has 0 aliphatic rings. The predicted molar refractivity (Wildman–Crippen MR) is 114 cm³/mol. The van der Waals surface area contributed by atoms with Crippen molar-refractivity contribution < 1.29 is 23.8 Å². The average Bonchev–Trinajstić information content (AvgIpc) is 3.10. The molecule has 1 aromatic heterocycles. The third-order valence-electron chi connectivity index (χ3n) is 4.12. The number of aliphatic carboxylic acids is 1. The van der Waals surface area contributed by atoms with Crippen LogP contribution in [0.25, 0.3) is 10.1 Å². The number of rotatable bonds is 6. The molecule has 0 aliphatic carbocycles. The number of hydrogen-bond acceptors (Lipinski definition) is 5. The summed E-state index contributed by atoms with van der Waals surface area (Å²) in [5, 5.41) is 16.2. The fraction of sp³-hybridized carbons (Fsp3) is 0.150. The van der Waals surface area contributed by atoms with E-state index >= 15 is 0 Å². The Morgan fingerprint density at radius 3 is 2.59 bits per heavy atom. The van der Waals surface area contributed by atoms with E-state index in [9.17, 15) is 19.1 Å². The number of methoxy groups -OCH3 is 1. The van der Waals surface area contributed by atoms with Crippen LogP contribution in [0.4, 0.5) is 10.1 Å². The number of carboxylic acids is 1. The van der Waals surface area contributed by atoms with E-state index in [1.807, 2.05) is 12.1 Å². The maximum absolute atomic E-state index is 13.2. The first-order valence-corrected chi connectivity index (χ1v) is 9.75.